The van der Waals surface area contributed by atoms with Gasteiger partial charge in [0.25, 0.3) is 0 Å². The zero-order chi connectivity index (χ0) is 16.9. The molecule has 0 fully saturated rings. The summed E-state index contributed by atoms with van der Waals surface area (Å²) in [7, 11) is 0. The third-order valence-electron chi connectivity index (χ3n) is 4.21. The molecule has 0 amide bonds. The summed E-state index contributed by atoms with van der Waals surface area (Å²) in [6.07, 6.45) is 3.76. The quantitative estimate of drug-likeness (QED) is 0.543. The highest BCUT2D eigenvalue weighted by Crippen LogP contribution is 2.32. The smallest absolute Gasteiger partial charge is 0.163 e. The van der Waals surface area contributed by atoms with E-state index < -0.39 is 0 Å². The monoisotopic (exact) mass is 379 g/mol. The van der Waals surface area contributed by atoms with Gasteiger partial charge in [0, 0.05) is 34.8 Å². The predicted octanol–water partition coefficient (Wildman–Crippen LogP) is 5.56. The Kier molecular flexibility index (Phi) is 5.21. The van der Waals surface area contributed by atoms with Gasteiger partial charge >= 0.3 is 0 Å². The number of Topliss-reactive ketones (excluding diaryl/α,β-unsaturated/α-hetero) is 1. The molecule has 2 aromatic carbocycles. The minimum Gasteiger partial charge on any atom is -0.294 e. The van der Waals surface area contributed by atoms with Crippen molar-refractivity contribution in [2.45, 2.75) is 19.3 Å². The molecule has 0 aliphatic rings. The van der Waals surface area contributed by atoms with Crippen molar-refractivity contribution in [2.24, 2.45) is 0 Å². The van der Waals surface area contributed by atoms with Gasteiger partial charge in [-0.3, -0.25) is 9.78 Å². The molecule has 0 aliphatic carbocycles. The lowest BCUT2D eigenvalue weighted by Crippen LogP contribution is -2.10. The maximum atomic E-state index is 12.8. The number of carbonyl (C=O) groups excluding carboxylic acids is 1. The van der Waals surface area contributed by atoms with Crippen molar-refractivity contribution in [1.82, 2.24) is 4.98 Å². The van der Waals surface area contributed by atoms with Gasteiger partial charge in [0.15, 0.2) is 5.78 Å². The average Bonchev–Trinajstić information content (AvgIpc) is 2.61. The van der Waals surface area contributed by atoms with E-state index >= 15 is 0 Å². The lowest BCUT2D eigenvalue weighted by Gasteiger charge is -2.20. The van der Waals surface area contributed by atoms with E-state index in [9.17, 15) is 4.79 Å². The van der Waals surface area contributed by atoms with Gasteiger partial charge in [-0.15, -0.1) is 0 Å². The third-order valence-corrected chi connectivity index (χ3v) is 4.70. The zero-order valence-electron chi connectivity index (χ0n) is 13.4. The van der Waals surface area contributed by atoms with Gasteiger partial charge in [-0.25, -0.2) is 0 Å². The van der Waals surface area contributed by atoms with Crippen LogP contribution in [0.15, 0.2) is 77.5 Å². The predicted molar refractivity (Wildman–Crippen MR) is 100 cm³/mol. The number of ketones is 1. The summed E-state index contributed by atoms with van der Waals surface area (Å²) in [6.45, 7) is 2.09. The van der Waals surface area contributed by atoms with E-state index in [0.29, 0.717) is 12.0 Å². The largest absolute Gasteiger partial charge is 0.294 e. The van der Waals surface area contributed by atoms with Crippen molar-refractivity contribution in [2.75, 3.05) is 0 Å². The van der Waals surface area contributed by atoms with Crippen LogP contribution in [0.1, 0.15) is 39.4 Å². The number of rotatable bonds is 5. The summed E-state index contributed by atoms with van der Waals surface area (Å²) < 4.78 is 1.02. The maximum Gasteiger partial charge on any atom is 0.163 e. The van der Waals surface area contributed by atoms with Gasteiger partial charge in [-0.2, -0.15) is 0 Å². The Hall–Kier alpha value is -2.26. The van der Waals surface area contributed by atoms with Crippen molar-refractivity contribution in [3.05, 3.63) is 99.8 Å². The summed E-state index contributed by atoms with van der Waals surface area (Å²) >= 11 is 3.54. The molecular weight excluding hydrogens is 362 g/mol. The lowest BCUT2D eigenvalue weighted by atomic mass is 9.84. The van der Waals surface area contributed by atoms with Crippen LogP contribution in [0.4, 0.5) is 0 Å². The molecule has 0 saturated heterocycles. The molecule has 2 nitrogen and oxygen atoms in total. The first-order valence-electron chi connectivity index (χ1n) is 7.89. The molecule has 1 atom stereocenters. The van der Waals surface area contributed by atoms with Crippen molar-refractivity contribution in [1.29, 1.82) is 0 Å². The van der Waals surface area contributed by atoms with Crippen molar-refractivity contribution < 1.29 is 4.79 Å². The molecule has 1 aromatic heterocycles. The molecule has 0 spiro atoms. The summed E-state index contributed by atoms with van der Waals surface area (Å²) in [6, 6.07) is 20.0. The molecule has 0 saturated carbocycles. The average molecular weight is 380 g/mol. The van der Waals surface area contributed by atoms with Gasteiger partial charge in [0.2, 0.25) is 0 Å². The van der Waals surface area contributed by atoms with Crippen LogP contribution in [-0.2, 0) is 0 Å². The summed E-state index contributed by atoms with van der Waals surface area (Å²) in [5, 5.41) is 0. The SMILES string of the molecule is Cc1ccccc1C(CC(=O)c1ccncc1)c1cccc(Br)c1. The van der Waals surface area contributed by atoms with Crippen LogP contribution >= 0.6 is 15.9 Å². The molecule has 120 valence electrons. The number of nitrogens with zero attached hydrogens (tertiary/aromatic N) is 1. The normalized spacial score (nSPS) is 11.9. The summed E-state index contributed by atoms with van der Waals surface area (Å²) in [5.74, 6) is 0.162. The molecule has 3 aromatic rings. The number of hydrogen-bond acceptors (Lipinski definition) is 2. The molecular formula is C21H18BrNO. The first-order valence-corrected chi connectivity index (χ1v) is 8.68. The van der Waals surface area contributed by atoms with E-state index in [1.165, 1.54) is 11.1 Å². The minimum absolute atomic E-state index is 0.0318. The van der Waals surface area contributed by atoms with Gasteiger partial charge in [0.05, 0.1) is 0 Å². The highest BCUT2D eigenvalue weighted by atomic mass is 79.9. The molecule has 3 rings (SSSR count). The van der Waals surface area contributed by atoms with Gasteiger partial charge < -0.3 is 0 Å². The Balaban J connectivity index is 2.00. The highest BCUT2D eigenvalue weighted by molar-refractivity contribution is 9.10. The Bertz CT molecular complexity index is 845. The number of benzene rings is 2. The lowest BCUT2D eigenvalue weighted by molar-refractivity contribution is 0.0977. The number of pyridine rings is 1. The second-order valence-electron chi connectivity index (χ2n) is 5.83. The Morgan fingerprint density at radius 2 is 1.79 bits per heavy atom. The molecule has 0 N–H and O–H groups in total. The fraction of sp³-hybridized carbons (Fsp3) is 0.143. The van der Waals surface area contributed by atoms with E-state index in [-0.39, 0.29) is 11.7 Å². The van der Waals surface area contributed by atoms with Crippen LogP contribution in [0.2, 0.25) is 0 Å². The standard InChI is InChI=1S/C21H18BrNO/c1-15-5-2-3-8-19(15)20(17-6-4-7-18(22)13-17)14-21(24)16-9-11-23-12-10-16/h2-13,20H,14H2,1H3. The Morgan fingerprint density at radius 1 is 1.04 bits per heavy atom. The molecule has 1 unspecified atom stereocenters. The first-order chi connectivity index (χ1) is 11.6. The fourth-order valence-electron chi connectivity index (χ4n) is 2.95. The molecule has 0 aliphatic heterocycles. The van der Waals surface area contributed by atoms with Crippen molar-refractivity contribution in [3.63, 3.8) is 0 Å². The van der Waals surface area contributed by atoms with E-state index in [0.717, 1.165) is 10.0 Å². The topological polar surface area (TPSA) is 30.0 Å². The second kappa shape index (κ2) is 7.54. The second-order valence-corrected chi connectivity index (χ2v) is 6.74. The third kappa shape index (κ3) is 3.80. The van der Waals surface area contributed by atoms with E-state index in [1.54, 1.807) is 24.5 Å². The van der Waals surface area contributed by atoms with E-state index in [4.69, 9.17) is 0 Å². The first kappa shape index (κ1) is 16.6. The van der Waals surface area contributed by atoms with E-state index in [2.05, 4.69) is 52.1 Å². The molecule has 1 heterocycles. The Labute approximate surface area is 150 Å². The van der Waals surface area contributed by atoms with Gasteiger partial charge in [-0.05, 0) is 47.9 Å². The van der Waals surface area contributed by atoms with Crippen LogP contribution in [0.5, 0.6) is 0 Å². The number of hydrogen-bond donors (Lipinski definition) is 0. The van der Waals surface area contributed by atoms with Crippen molar-refractivity contribution >= 4 is 21.7 Å². The van der Waals surface area contributed by atoms with Gasteiger partial charge in [0.1, 0.15) is 0 Å². The van der Waals surface area contributed by atoms with Crippen molar-refractivity contribution in [3.8, 4) is 0 Å². The van der Waals surface area contributed by atoms with E-state index in [1.807, 2.05) is 24.3 Å². The molecule has 3 heteroatoms. The zero-order valence-corrected chi connectivity index (χ0v) is 15.0. The summed E-state index contributed by atoms with van der Waals surface area (Å²) in [4.78, 5) is 16.7. The minimum atomic E-state index is 0.0318. The molecule has 0 radical (unpaired) electrons. The molecule has 0 bridgehead atoms. The number of aromatic nitrogens is 1. The highest BCUT2D eigenvalue weighted by Gasteiger charge is 2.20. The van der Waals surface area contributed by atoms with Gasteiger partial charge in [-0.1, -0.05) is 52.3 Å². The molecule has 24 heavy (non-hydrogen) atoms. The maximum absolute atomic E-state index is 12.8. The fourth-order valence-corrected chi connectivity index (χ4v) is 3.37. The van der Waals surface area contributed by atoms with Crippen LogP contribution in [-0.4, -0.2) is 10.8 Å². The van der Waals surface area contributed by atoms with Crippen LogP contribution in [0, 0.1) is 6.92 Å². The van der Waals surface area contributed by atoms with Crippen LogP contribution in [0.3, 0.4) is 0 Å². The number of aryl methyl sites for hydroxylation is 1. The number of carbonyl (C=O) groups is 1. The van der Waals surface area contributed by atoms with Crippen LogP contribution < -0.4 is 0 Å². The number of halogens is 1. The van der Waals surface area contributed by atoms with Crippen LogP contribution in [0.25, 0.3) is 0 Å². The Morgan fingerprint density at radius 3 is 2.50 bits per heavy atom. The summed E-state index contributed by atoms with van der Waals surface area (Å²) in [5.41, 5.74) is 4.24.